The molecule has 0 N–H and O–H groups in total. The molecule has 4 aromatic carbocycles. The molecular weight excluding hydrogens is 338 g/mol. The van der Waals surface area contributed by atoms with Gasteiger partial charge in [-0.15, -0.1) is 0 Å². The van der Waals surface area contributed by atoms with Gasteiger partial charge in [0, 0.05) is 16.7 Å². The van der Waals surface area contributed by atoms with Crippen LogP contribution in [-0.4, -0.2) is 5.71 Å². The van der Waals surface area contributed by atoms with Gasteiger partial charge in [0.1, 0.15) is 0 Å². The van der Waals surface area contributed by atoms with E-state index in [2.05, 4.69) is 78.9 Å². The van der Waals surface area contributed by atoms with Crippen molar-refractivity contribution in [3.8, 4) is 0 Å². The van der Waals surface area contributed by atoms with Gasteiger partial charge in [-0.25, -0.2) is 4.99 Å². The summed E-state index contributed by atoms with van der Waals surface area (Å²) in [4.78, 5) is 5.16. The van der Waals surface area contributed by atoms with Crippen molar-refractivity contribution in [1.82, 2.24) is 0 Å². The molecule has 4 aromatic rings. The van der Waals surface area contributed by atoms with Crippen molar-refractivity contribution in [2.45, 2.75) is 0 Å². The van der Waals surface area contributed by atoms with E-state index in [1.54, 1.807) is 0 Å². The molecule has 0 fully saturated rings. The van der Waals surface area contributed by atoms with E-state index in [1.165, 1.54) is 0 Å². The second-order valence-corrected chi connectivity index (χ2v) is 6.50. The van der Waals surface area contributed by atoms with Gasteiger partial charge in [0.25, 0.3) is 0 Å². The fraction of sp³-hybridized carbons (Fsp3) is 0. The molecule has 0 saturated carbocycles. The van der Waals surface area contributed by atoms with Crippen molar-refractivity contribution in [2.24, 2.45) is 4.99 Å². The fourth-order valence-electron chi connectivity index (χ4n) is 3.10. The highest BCUT2D eigenvalue weighted by Crippen LogP contribution is 2.23. The standard InChI is InChI=1S/C27H21N/c1-5-13-22(14-6-1)21-26(23-15-7-2-8-16-23)28-27(24-17-9-3-10-18-24)25-19-11-4-12-20-25/h1-21H/b26-21+. The molecule has 0 aliphatic rings. The molecule has 0 heterocycles. The van der Waals surface area contributed by atoms with Gasteiger partial charge in [0.05, 0.1) is 11.4 Å². The van der Waals surface area contributed by atoms with Gasteiger partial charge in [0.15, 0.2) is 0 Å². The third-order valence-corrected chi connectivity index (χ3v) is 4.50. The first-order valence-corrected chi connectivity index (χ1v) is 9.42. The van der Waals surface area contributed by atoms with E-state index < -0.39 is 0 Å². The van der Waals surface area contributed by atoms with Gasteiger partial charge >= 0.3 is 0 Å². The molecule has 1 nitrogen and oxygen atoms in total. The van der Waals surface area contributed by atoms with Gasteiger partial charge in [-0.05, 0) is 11.6 Å². The smallest absolute Gasteiger partial charge is 0.0781 e. The van der Waals surface area contributed by atoms with Crippen LogP contribution in [0.3, 0.4) is 0 Å². The van der Waals surface area contributed by atoms with Crippen molar-refractivity contribution >= 4 is 17.5 Å². The quantitative estimate of drug-likeness (QED) is 0.277. The van der Waals surface area contributed by atoms with Crippen molar-refractivity contribution < 1.29 is 0 Å². The molecule has 0 spiro atoms. The average Bonchev–Trinajstić information content (AvgIpc) is 2.79. The molecule has 0 unspecified atom stereocenters. The maximum absolute atomic E-state index is 5.16. The first kappa shape index (κ1) is 17.7. The predicted octanol–water partition coefficient (Wildman–Crippen LogP) is 6.72. The Morgan fingerprint density at radius 2 is 0.857 bits per heavy atom. The first-order valence-electron chi connectivity index (χ1n) is 9.42. The zero-order chi connectivity index (χ0) is 19.0. The Morgan fingerprint density at radius 3 is 1.32 bits per heavy atom. The minimum atomic E-state index is 0.939. The lowest BCUT2D eigenvalue weighted by atomic mass is 10.0. The van der Waals surface area contributed by atoms with Crippen LogP contribution < -0.4 is 0 Å². The van der Waals surface area contributed by atoms with Crippen LogP contribution in [0.15, 0.2) is 126 Å². The highest BCUT2D eigenvalue weighted by molar-refractivity contribution is 6.15. The number of hydrogen-bond donors (Lipinski definition) is 0. The molecular formula is C27H21N. The lowest BCUT2D eigenvalue weighted by molar-refractivity contribution is 1.47. The lowest BCUT2D eigenvalue weighted by Crippen LogP contribution is -2.03. The Balaban J connectivity index is 1.90. The van der Waals surface area contributed by atoms with Crippen LogP contribution in [0.4, 0.5) is 0 Å². The monoisotopic (exact) mass is 359 g/mol. The Labute approximate surface area is 166 Å². The normalized spacial score (nSPS) is 11.1. The largest absolute Gasteiger partial charge is 0.247 e. The minimum absolute atomic E-state index is 0.939. The van der Waals surface area contributed by atoms with Crippen molar-refractivity contribution in [3.63, 3.8) is 0 Å². The van der Waals surface area contributed by atoms with Crippen LogP contribution in [0.5, 0.6) is 0 Å². The Hall–Kier alpha value is -3.71. The third kappa shape index (κ3) is 4.33. The van der Waals surface area contributed by atoms with Gasteiger partial charge in [-0.2, -0.15) is 0 Å². The Morgan fingerprint density at radius 1 is 0.464 bits per heavy atom. The van der Waals surface area contributed by atoms with E-state index in [0.29, 0.717) is 0 Å². The SMILES string of the molecule is C(=C(\N=C(c1ccccc1)c1ccccc1)c1ccccc1)/c1ccccc1. The van der Waals surface area contributed by atoms with E-state index in [0.717, 1.165) is 33.7 Å². The summed E-state index contributed by atoms with van der Waals surface area (Å²) in [6, 6.07) is 41.4. The molecule has 0 radical (unpaired) electrons. The first-order chi connectivity index (χ1) is 13.9. The predicted molar refractivity (Wildman–Crippen MR) is 119 cm³/mol. The summed E-state index contributed by atoms with van der Waals surface area (Å²) < 4.78 is 0. The highest BCUT2D eigenvalue weighted by Gasteiger charge is 2.09. The molecule has 4 rings (SSSR count). The Bertz CT molecular complexity index is 1020. The molecule has 0 aromatic heterocycles. The zero-order valence-corrected chi connectivity index (χ0v) is 15.6. The van der Waals surface area contributed by atoms with E-state index in [-0.39, 0.29) is 0 Å². The molecule has 0 atom stereocenters. The van der Waals surface area contributed by atoms with Gasteiger partial charge in [0.2, 0.25) is 0 Å². The molecule has 0 saturated heterocycles. The maximum atomic E-state index is 5.16. The molecule has 0 bridgehead atoms. The van der Waals surface area contributed by atoms with E-state index in [4.69, 9.17) is 4.99 Å². The van der Waals surface area contributed by atoms with Crippen LogP contribution in [-0.2, 0) is 0 Å². The molecule has 134 valence electrons. The summed E-state index contributed by atoms with van der Waals surface area (Å²) >= 11 is 0. The zero-order valence-electron chi connectivity index (χ0n) is 15.6. The maximum Gasteiger partial charge on any atom is 0.0781 e. The summed E-state index contributed by atoms with van der Waals surface area (Å²) in [7, 11) is 0. The average molecular weight is 359 g/mol. The van der Waals surface area contributed by atoms with Crippen LogP contribution in [0.25, 0.3) is 11.8 Å². The van der Waals surface area contributed by atoms with Crippen LogP contribution >= 0.6 is 0 Å². The number of hydrogen-bond acceptors (Lipinski definition) is 1. The summed E-state index contributed by atoms with van der Waals surface area (Å²) in [6.07, 6.45) is 2.14. The molecule has 1 heteroatoms. The van der Waals surface area contributed by atoms with Gasteiger partial charge < -0.3 is 0 Å². The molecule has 28 heavy (non-hydrogen) atoms. The van der Waals surface area contributed by atoms with E-state index in [1.807, 2.05) is 48.5 Å². The number of benzene rings is 4. The Kier molecular flexibility index (Phi) is 5.55. The molecule has 0 aliphatic heterocycles. The van der Waals surface area contributed by atoms with Crippen molar-refractivity contribution in [1.29, 1.82) is 0 Å². The topological polar surface area (TPSA) is 12.4 Å². The number of nitrogens with zero attached hydrogens (tertiary/aromatic N) is 1. The second-order valence-electron chi connectivity index (χ2n) is 6.50. The second kappa shape index (κ2) is 8.79. The van der Waals surface area contributed by atoms with Crippen molar-refractivity contribution in [3.05, 3.63) is 144 Å². The van der Waals surface area contributed by atoms with E-state index >= 15 is 0 Å². The van der Waals surface area contributed by atoms with Gasteiger partial charge in [-0.1, -0.05) is 121 Å². The summed E-state index contributed by atoms with van der Waals surface area (Å²) in [6.45, 7) is 0. The van der Waals surface area contributed by atoms with Crippen LogP contribution in [0.1, 0.15) is 22.3 Å². The van der Waals surface area contributed by atoms with Crippen molar-refractivity contribution in [2.75, 3.05) is 0 Å². The number of aliphatic imine (C=N–C) groups is 1. The fourth-order valence-corrected chi connectivity index (χ4v) is 3.10. The minimum Gasteiger partial charge on any atom is -0.247 e. The molecule has 0 amide bonds. The summed E-state index contributed by atoms with van der Waals surface area (Å²) in [5.74, 6) is 0. The lowest BCUT2D eigenvalue weighted by Gasteiger charge is -2.10. The highest BCUT2D eigenvalue weighted by atomic mass is 14.8. The van der Waals surface area contributed by atoms with Gasteiger partial charge in [-0.3, -0.25) is 0 Å². The number of rotatable bonds is 5. The van der Waals surface area contributed by atoms with E-state index in [9.17, 15) is 0 Å². The molecule has 0 aliphatic carbocycles. The third-order valence-electron chi connectivity index (χ3n) is 4.50. The summed E-state index contributed by atoms with van der Waals surface area (Å²) in [5, 5.41) is 0. The summed E-state index contributed by atoms with van der Waals surface area (Å²) in [5.41, 5.74) is 6.33. The van der Waals surface area contributed by atoms with Crippen LogP contribution in [0, 0.1) is 0 Å². The van der Waals surface area contributed by atoms with Crippen LogP contribution in [0.2, 0.25) is 0 Å².